The molecule has 0 saturated heterocycles. The number of hydrogen-bond acceptors (Lipinski definition) is 8. The minimum Gasteiger partial charge on any atom is -0.385 e. The first-order chi connectivity index (χ1) is 9.86. The summed E-state index contributed by atoms with van der Waals surface area (Å²) >= 11 is 0. The zero-order chi connectivity index (χ0) is 13.8. The van der Waals surface area contributed by atoms with Crippen molar-refractivity contribution in [3.8, 4) is 0 Å². The van der Waals surface area contributed by atoms with E-state index >= 15 is 0 Å². The number of hydrogen-bond donors (Lipinski definition) is 2. The van der Waals surface area contributed by atoms with Crippen LogP contribution in [0, 0.1) is 0 Å². The molecule has 1 aliphatic carbocycles. The maximum Gasteiger partial charge on any atom is 0.245 e. The third-order valence-electron chi connectivity index (χ3n) is 3.38. The second kappa shape index (κ2) is 6.00. The Labute approximate surface area is 116 Å². The van der Waals surface area contributed by atoms with Gasteiger partial charge in [-0.1, -0.05) is 0 Å². The summed E-state index contributed by atoms with van der Waals surface area (Å²) in [6.07, 6.45) is 4.49. The van der Waals surface area contributed by atoms with E-state index in [0.717, 1.165) is 18.8 Å². The molecule has 0 amide bonds. The van der Waals surface area contributed by atoms with Gasteiger partial charge in [0.15, 0.2) is 11.6 Å². The molecule has 1 saturated carbocycles. The first-order valence-electron chi connectivity index (χ1n) is 6.86. The van der Waals surface area contributed by atoms with Crippen molar-refractivity contribution in [1.29, 1.82) is 0 Å². The lowest BCUT2D eigenvalue weighted by Gasteiger charge is -2.27. The zero-order valence-electron chi connectivity index (χ0n) is 11.4. The molecule has 8 nitrogen and oxygen atoms in total. The van der Waals surface area contributed by atoms with Gasteiger partial charge in [0.25, 0.3) is 0 Å². The Morgan fingerprint density at radius 3 is 2.60 bits per heavy atom. The average molecular weight is 278 g/mol. The molecule has 2 aromatic rings. The Balaban J connectivity index is 1.76. The standard InChI is InChI=1S/C12H18N6O2/c1-19-7-3-6-13-9-10(14-8-4-2-5-8)16-12-11(15-9)17-20-18-12/h8H,2-7H2,1H3,(H,13,15,17)(H,14,16,18). The van der Waals surface area contributed by atoms with Crippen molar-refractivity contribution in [3.63, 3.8) is 0 Å². The first-order valence-corrected chi connectivity index (χ1v) is 6.86. The van der Waals surface area contributed by atoms with Crippen LogP contribution in [0.3, 0.4) is 0 Å². The van der Waals surface area contributed by atoms with Crippen LogP contribution in [0.2, 0.25) is 0 Å². The lowest BCUT2D eigenvalue weighted by atomic mass is 9.93. The number of methoxy groups -OCH3 is 1. The topological polar surface area (TPSA) is 98.0 Å². The van der Waals surface area contributed by atoms with E-state index in [1.807, 2.05) is 0 Å². The fourth-order valence-electron chi connectivity index (χ4n) is 2.03. The van der Waals surface area contributed by atoms with Gasteiger partial charge in [-0.2, -0.15) is 0 Å². The third kappa shape index (κ3) is 2.79. The largest absolute Gasteiger partial charge is 0.385 e. The highest BCUT2D eigenvalue weighted by Gasteiger charge is 2.20. The number of ether oxygens (including phenoxy) is 1. The summed E-state index contributed by atoms with van der Waals surface area (Å²) in [5.41, 5.74) is 0.840. The van der Waals surface area contributed by atoms with Gasteiger partial charge >= 0.3 is 0 Å². The Kier molecular flexibility index (Phi) is 3.91. The molecule has 2 N–H and O–H groups in total. The van der Waals surface area contributed by atoms with Gasteiger partial charge < -0.3 is 15.4 Å². The van der Waals surface area contributed by atoms with Gasteiger partial charge in [0.1, 0.15) is 0 Å². The molecule has 3 rings (SSSR count). The molecule has 0 aliphatic heterocycles. The molecule has 0 atom stereocenters. The van der Waals surface area contributed by atoms with E-state index in [-0.39, 0.29) is 0 Å². The van der Waals surface area contributed by atoms with Crippen molar-refractivity contribution in [3.05, 3.63) is 0 Å². The summed E-state index contributed by atoms with van der Waals surface area (Å²) in [7, 11) is 1.69. The van der Waals surface area contributed by atoms with Crippen molar-refractivity contribution in [2.75, 3.05) is 30.9 Å². The normalized spacial score (nSPS) is 15.2. The molecule has 2 aromatic heterocycles. The van der Waals surface area contributed by atoms with Gasteiger partial charge in [-0.05, 0) is 36.0 Å². The van der Waals surface area contributed by atoms with Gasteiger partial charge in [0.05, 0.1) is 0 Å². The summed E-state index contributed by atoms with van der Waals surface area (Å²) in [5, 5.41) is 14.1. The van der Waals surface area contributed by atoms with E-state index in [4.69, 9.17) is 4.74 Å². The van der Waals surface area contributed by atoms with Gasteiger partial charge in [-0.3, -0.25) is 0 Å². The molecule has 0 spiro atoms. The van der Waals surface area contributed by atoms with Crippen LogP contribution in [0.1, 0.15) is 25.7 Å². The minimum absolute atomic E-state index is 0.415. The molecule has 0 aromatic carbocycles. The van der Waals surface area contributed by atoms with Crippen molar-refractivity contribution in [2.24, 2.45) is 0 Å². The van der Waals surface area contributed by atoms with E-state index in [2.05, 4.69) is 35.5 Å². The summed E-state index contributed by atoms with van der Waals surface area (Å²) in [4.78, 5) is 8.82. The fourth-order valence-corrected chi connectivity index (χ4v) is 2.03. The number of fused-ring (bicyclic) bond motifs is 1. The number of aromatic nitrogens is 4. The highest BCUT2D eigenvalue weighted by atomic mass is 16.6. The van der Waals surface area contributed by atoms with Crippen LogP contribution in [0.25, 0.3) is 11.3 Å². The van der Waals surface area contributed by atoms with E-state index in [9.17, 15) is 0 Å². The smallest absolute Gasteiger partial charge is 0.245 e. The highest BCUT2D eigenvalue weighted by Crippen LogP contribution is 2.26. The second-order valence-corrected chi connectivity index (χ2v) is 4.88. The molecule has 8 heteroatoms. The summed E-state index contributed by atoms with van der Waals surface area (Å²) < 4.78 is 9.69. The van der Waals surface area contributed by atoms with Crippen LogP contribution in [-0.2, 0) is 4.74 Å². The van der Waals surface area contributed by atoms with Crippen LogP contribution in [0.15, 0.2) is 4.63 Å². The van der Waals surface area contributed by atoms with E-state index in [0.29, 0.717) is 29.8 Å². The SMILES string of the molecule is COCCCNc1nc2nonc2nc1NC1CCC1. The van der Waals surface area contributed by atoms with Crippen LogP contribution >= 0.6 is 0 Å². The maximum absolute atomic E-state index is 5.03. The van der Waals surface area contributed by atoms with Crippen LogP contribution < -0.4 is 10.6 Å². The predicted octanol–water partition coefficient (Wildman–Crippen LogP) is 1.43. The van der Waals surface area contributed by atoms with Crippen LogP contribution in [0.4, 0.5) is 11.6 Å². The molecule has 2 heterocycles. The molecule has 20 heavy (non-hydrogen) atoms. The number of rotatable bonds is 7. The average Bonchev–Trinajstić information content (AvgIpc) is 2.85. The number of nitrogens with zero attached hydrogens (tertiary/aromatic N) is 4. The Morgan fingerprint density at radius 2 is 1.95 bits per heavy atom. The lowest BCUT2D eigenvalue weighted by Crippen LogP contribution is -2.28. The summed E-state index contributed by atoms with van der Waals surface area (Å²) in [6.45, 7) is 1.47. The van der Waals surface area contributed by atoms with Crippen molar-refractivity contribution < 1.29 is 9.37 Å². The van der Waals surface area contributed by atoms with Crippen molar-refractivity contribution in [2.45, 2.75) is 31.7 Å². The predicted molar refractivity (Wildman–Crippen MR) is 73.6 cm³/mol. The van der Waals surface area contributed by atoms with Crippen LogP contribution in [-0.4, -0.2) is 46.6 Å². The molecule has 108 valence electrons. The zero-order valence-corrected chi connectivity index (χ0v) is 11.4. The molecular formula is C12H18N6O2. The lowest BCUT2D eigenvalue weighted by molar-refractivity contribution is 0.198. The first kappa shape index (κ1) is 13.0. The van der Waals surface area contributed by atoms with Gasteiger partial charge in [0.2, 0.25) is 11.3 Å². The molecular weight excluding hydrogens is 260 g/mol. The van der Waals surface area contributed by atoms with E-state index in [1.54, 1.807) is 7.11 Å². The fraction of sp³-hybridized carbons (Fsp3) is 0.667. The minimum atomic E-state index is 0.415. The summed E-state index contributed by atoms with van der Waals surface area (Å²) in [5.74, 6) is 1.41. The van der Waals surface area contributed by atoms with Gasteiger partial charge in [-0.15, -0.1) is 0 Å². The summed E-state index contributed by atoms with van der Waals surface area (Å²) in [6, 6.07) is 0.473. The molecule has 0 unspecified atom stereocenters. The molecule has 1 fully saturated rings. The highest BCUT2D eigenvalue weighted by molar-refractivity contribution is 5.73. The number of anilines is 2. The second-order valence-electron chi connectivity index (χ2n) is 4.88. The Hall–Kier alpha value is -1.96. The Morgan fingerprint density at radius 1 is 1.20 bits per heavy atom. The Bertz CT molecular complexity index is 568. The molecule has 1 aliphatic rings. The van der Waals surface area contributed by atoms with E-state index < -0.39 is 0 Å². The maximum atomic E-state index is 5.03. The van der Waals surface area contributed by atoms with E-state index in [1.165, 1.54) is 19.3 Å². The monoisotopic (exact) mass is 278 g/mol. The molecule has 0 bridgehead atoms. The molecule has 0 radical (unpaired) electrons. The third-order valence-corrected chi connectivity index (χ3v) is 3.38. The number of nitrogens with one attached hydrogen (secondary N) is 2. The van der Waals surface area contributed by atoms with Crippen molar-refractivity contribution in [1.82, 2.24) is 20.3 Å². The van der Waals surface area contributed by atoms with Gasteiger partial charge in [0, 0.05) is 26.3 Å². The van der Waals surface area contributed by atoms with Gasteiger partial charge in [-0.25, -0.2) is 14.6 Å². The van der Waals surface area contributed by atoms with Crippen molar-refractivity contribution >= 4 is 22.9 Å². The quantitative estimate of drug-likeness (QED) is 0.734. The van der Waals surface area contributed by atoms with Crippen LogP contribution in [0.5, 0.6) is 0 Å².